The van der Waals surface area contributed by atoms with Gasteiger partial charge in [0.1, 0.15) is 5.69 Å². The van der Waals surface area contributed by atoms with Gasteiger partial charge in [-0.2, -0.15) is 4.98 Å². The Balaban J connectivity index is 1.80. The lowest BCUT2D eigenvalue weighted by Crippen LogP contribution is -2.16. The van der Waals surface area contributed by atoms with Crippen molar-refractivity contribution >= 4 is 29.1 Å². The highest BCUT2D eigenvalue weighted by Crippen LogP contribution is 2.13. The molecule has 3 aromatic heterocycles. The van der Waals surface area contributed by atoms with Crippen LogP contribution in [0.15, 0.2) is 36.5 Å². The zero-order valence-corrected chi connectivity index (χ0v) is 13.3. The molecule has 0 aliphatic rings. The third-order valence-electron chi connectivity index (χ3n) is 2.83. The van der Waals surface area contributed by atoms with Gasteiger partial charge in [-0.25, -0.2) is 9.50 Å². The van der Waals surface area contributed by atoms with Gasteiger partial charge in [0.25, 0.3) is 5.91 Å². The molecule has 0 spiro atoms. The molecule has 0 atom stereocenters. The van der Waals surface area contributed by atoms with E-state index in [0.29, 0.717) is 16.5 Å². The minimum atomic E-state index is -0.416. The topological polar surface area (TPSA) is 81.4 Å². The number of rotatable bonds is 4. The van der Waals surface area contributed by atoms with Crippen molar-refractivity contribution in [3.05, 3.63) is 47.2 Å². The lowest BCUT2D eigenvalue weighted by atomic mass is 10.3. The number of anilines is 1. The van der Waals surface area contributed by atoms with Gasteiger partial charge in [-0.15, -0.1) is 5.10 Å². The Morgan fingerprint density at radius 2 is 2.09 bits per heavy atom. The van der Waals surface area contributed by atoms with Gasteiger partial charge in [0.15, 0.2) is 5.65 Å². The SMILES string of the molecule is CC(C)Oc1cccc(C(=O)Nc2nc3ccc(Cl)cn3n2)n1. The Kier molecular flexibility index (Phi) is 4.12. The second kappa shape index (κ2) is 6.21. The number of nitrogens with one attached hydrogen (secondary N) is 1. The van der Waals surface area contributed by atoms with Crippen molar-refractivity contribution in [2.75, 3.05) is 5.32 Å². The fourth-order valence-corrected chi connectivity index (χ4v) is 2.08. The molecule has 0 aliphatic heterocycles. The molecule has 0 radical (unpaired) electrons. The van der Waals surface area contributed by atoms with E-state index in [0.717, 1.165) is 0 Å². The first-order chi connectivity index (χ1) is 11.0. The highest BCUT2D eigenvalue weighted by atomic mass is 35.5. The number of amides is 1. The molecular weight excluding hydrogens is 318 g/mol. The van der Waals surface area contributed by atoms with Crippen LogP contribution in [-0.4, -0.2) is 31.6 Å². The molecule has 0 bridgehead atoms. The summed E-state index contributed by atoms with van der Waals surface area (Å²) in [6.07, 6.45) is 1.58. The molecule has 0 aliphatic carbocycles. The van der Waals surface area contributed by atoms with E-state index >= 15 is 0 Å². The van der Waals surface area contributed by atoms with E-state index in [2.05, 4.69) is 20.4 Å². The second-order valence-corrected chi connectivity index (χ2v) is 5.50. The van der Waals surface area contributed by atoms with E-state index in [1.807, 2.05) is 13.8 Å². The van der Waals surface area contributed by atoms with Crippen LogP contribution in [0.1, 0.15) is 24.3 Å². The molecule has 0 saturated carbocycles. The summed E-state index contributed by atoms with van der Waals surface area (Å²) in [5, 5.41) is 7.27. The van der Waals surface area contributed by atoms with Crippen LogP contribution in [0.5, 0.6) is 5.88 Å². The Bertz CT molecular complexity index is 862. The van der Waals surface area contributed by atoms with E-state index in [1.54, 1.807) is 36.5 Å². The zero-order valence-electron chi connectivity index (χ0n) is 12.5. The predicted molar refractivity (Wildman–Crippen MR) is 86.0 cm³/mol. The number of fused-ring (bicyclic) bond motifs is 1. The lowest BCUT2D eigenvalue weighted by molar-refractivity contribution is 0.101. The second-order valence-electron chi connectivity index (χ2n) is 5.07. The maximum Gasteiger partial charge on any atom is 0.276 e. The summed E-state index contributed by atoms with van der Waals surface area (Å²) in [5.74, 6) is 0.151. The monoisotopic (exact) mass is 331 g/mol. The largest absolute Gasteiger partial charge is 0.475 e. The van der Waals surface area contributed by atoms with Crippen LogP contribution in [0.25, 0.3) is 5.65 Å². The zero-order chi connectivity index (χ0) is 16.4. The first-order valence-electron chi connectivity index (χ1n) is 6.98. The van der Waals surface area contributed by atoms with Crippen molar-refractivity contribution in [2.24, 2.45) is 0 Å². The van der Waals surface area contributed by atoms with Crippen molar-refractivity contribution in [2.45, 2.75) is 20.0 Å². The molecule has 118 valence electrons. The summed E-state index contributed by atoms with van der Waals surface area (Å²) in [4.78, 5) is 20.6. The maximum absolute atomic E-state index is 12.3. The number of nitrogens with zero attached hydrogens (tertiary/aromatic N) is 4. The number of carbonyl (C=O) groups excluding carboxylic acids is 1. The molecule has 7 nitrogen and oxygen atoms in total. The molecule has 0 aromatic carbocycles. The van der Waals surface area contributed by atoms with Gasteiger partial charge in [0.2, 0.25) is 11.8 Å². The third-order valence-corrected chi connectivity index (χ3v) is 3.06. The minimum Gasteiger partial charge on any atom is -0.475 e. The van der Waals surface area contributed by atoms with Gasteiger partial charge in [0, 0.05) is 12.3 Å². The first kappa shape index (κ1) is 15.2. The molecule has 3 aromatic rings. The summed E-state index contributed by atoms with van der Waals surface area (Å²) in [6, 6.07) is 8.40. The molecule has 3 rings (SSSR count). The molecule has 1 amide bonds. The lowest BCUT2D eigenvalue weighted by Gasteiger charge is -2.09. The van der Waals surface area contributed by atoms with E-state index in [9.17, 15) is 4.79 Å². The van der Waals surface area contributed by atoms with Crippen LogP contribution in [0.4, 0.5) is 5.95 Å². The van der Waals surface area contributed by atoms with Crippen LogP contribution >= 0.6 is 11.6 Å². The Hall–Kier alpha value is -2.67. The van der Waals surface area contributed by atoms with Crippen molar-refractivity contribution < 1.29 is 9.53 Å². The Labute approximate surface area is 137 Å². The van der Waals surface area contributed by atoms with Crippen LogP contribution < -0.4 is 10.1 Å². The van der Waals surface area contributed by atoms with Crippen LogP contribution in [0.3, 0.4) is 0 Å². The summed E-state index contributed by atoms with van der Waals surface area (Å²) in [7, 11) is 0. The Morgan fingerprint density at radius 3 is 2.87 bits per heavy atom. The standard InChI is InChI=1S/C15H14ClN5O2/c1-9(2)23-13-5-3-4-11(17-13)14(22)19-15-18-12-7-6-10(16)8-21(12)20-15/h3-9H,1-2H3,(H,19,20,22). The van der Waals surface area contributed by atoms with Gasteiger partial charge in [0.05, 0.1) is 11.1 Å². The van der Waals surface area contributed by atoms with Gasteiger partial charge >= 0.3 is 0 Å². The number of carbonyl (C=O) groups is 1. The molecule has 0 unspecified atom stereocenters. The summed E-state index contributed by atoms with van der Waals surface area (Å²) < 4.78 is 6.97. The maximum atomic E-state index is 12.3. The molecule has 3 heterocycles. The van der Waals surface area contributed by atoms with Gasteiger partial charge in [-0.1, -0.05) is 17.7 Å². The van der Waals surface area contributed by atoms with Gasteiger partial charge < -0.3 is 4.74 Å². The van der Waals surface area contributed by atoms with Crippen LogP contribution in [0.2, 0.25) is 5.02 Å². The normalized spacial score (nSPS) is 11.0. The average molecular weight is 332 g/mol. The highest BCUT2D eigenvalue weighted by Gasteiger charge is 2.13. The summed E-state index contributed by atoms with van der Waals surface area (Å²) in [5.41, 5.74) is 0.801. The third kappa shape index (κ3) is 3.57. The van der Waals surface area contributed by atoms with Crippen molar-refractivity contribution in [1.82, 2.24) is 19.6 Å². The molecular formula is C15H14ClN5O2. The smallest absolute Gasteiger partial charge is 0.276 e. The van der Waals surface area contributed by atoms with Crippen molar-refractivity contribution in [1.29, 1.82) is 0 Å². The summed E-state index contributed by atoms with van der Waals surface area (Å²) >= 11 is 5.89. The van der Waals surface area contributed by atoms with Crippen molar-refractivity contribution in [3.8, 4) is 5.88 Å². The quantitative estimate of drug-likeness (QED) is 0.795. The molecule has 1 N–H and O–H groups in total. The molecule has 0 saturated heterocycles. The van der Waals surface area contributed by atoms with E-state index in [4.69, 9.17) is 16.3 Å². The Morgan fingerprint density at radius 1 is 1.26 bits per heavy atom. The van der Waals surface area contributed by atoms with E-state index < -0.39 is 5.91 Å². The van der Waals surface area contributed by atoms with Gasteiger partial charge in [-0.3, -0.25) is 10.1 Å². The summed E-state index contributed by atoms with van der Waals surface area (Å²) in [6.45, 7) is 3.78. The van der Waals surface area contributed by atoms with Crippen LogP contribution in [0, 0.1) is 0 Å². The molecule has 8 heteroatoms. The minimum absolute atomic E-state index is 0.0225. The van der Waals surface area contributed by atoms with Crippen LogP contribution in [-0.2, 0) is 0 Å². The number of hydrogen-bond donors (Lipinski definition) is 1. The molecule has 23 heavy (non-hydrogen) atoms. The molecule has 0 fully saturated rings. The number of aromatic nitrogens is 4. The number of halogens is 1. The number of hydrogen-bond acceptors (Lipinski definition) is 5. The van der Waals surface area contributed by atoms with E-state index in [1.165, 1.54) is 4.52 Å². The highest BCUT2D eigenvalue weighted by molar-refractivity contribution is 6.30. The number of ether oxygens (including phenoxy) is 1. The first-order valence-corrected chi connectivity index (χ1v) is 7.36. The average Bonchev–Trinajstić information content (AvgIpc) is 2.88. The fraction of sp³-hybridized carbons (Fsp3) is 0.200. The fourth-order valence-electron chi connectivity index (χ4n) is 1.92. The predicted octanol–water partition coefficient (Wildman–Crippen LogP) is 2.82. The van der Waals surface area contributed by atoms with Gasteiger partial charge in [-0.05, 0) is 32.0 Å². The number of pyridine rings is 2. The van der Waals surface area contributed by atoms with Crippen molar-refractivity contribution in [3.63, 3.8) is 0 Å². The van der Waals surface area contributed by atoms with E-state index in [-0.39, 0.29) is 17.7 Å².